The Morgan fingerprint density at radius 1 is 1.14 bits per heavy atom. The second-order valence-electron chi connectivity index (χ2n) is 6.74. The fourth-order valence-corrected chi connectivity index (χ4v) is 3.12. The van der Waals surface area contributed by atoms with Crippen LogP contribution in [0.25, 0.3) is 11.1 Å². The van der Waals surface area contributed by atoms with E-state index in [9.17, 15) is 9.18 Å². The first-order valence-electron chi connectivity index (χ1n) is 8.89. The molecule has 1 aromatic carbocycles. The van der Waals surface area contributed by atoms with E-state index in [1.54, 1.807) is 30.6 Å². The van der Waals surface area contributed by atoms with Gasteiger partial charge in [-0.15, -0.1) is 0 Å². The number of benzene rings is 1. The van der Waals surface area contributed by atoms with E-state index in [0.717, 1.165) is 28.3 Å². The number of carbonyl (C=O) groups excluding carboxylic acids is 1. The number of halogens is 1. The third-order valence-electron chi connectivity index (χ3n) is 4.67. The summed E-state index contributed by atoms with van der Waals surface area (Å²) in [6.07, 6.45) is 3.37. The van der Waals surface area contributed by atoms with Gasteiger partial charge in [-0.2, -0.15) is 0 Å². The summed E-state index contributed by atoms with van der Waals surface area (Å²) in [4.78, 5) is 22.0. The third kappa shape index (κ3) is 3.64. The molecule has 0 atom stereocenters. The van der Waals surface area contributed by atoms with E-state index in [-0.39, 0.29) is 17.6 Å². The number of rotatable bonds is 5. The predicted octanol–water partition coefficient (Wildman–Crippen LogP) is 2.96. The summed E-state index contributed by atoms with van der Waals surface area (Å²) < 4.78 is 19.2. The van der Waals surface area contributed by atoms with E-state index in [1.807, 2.05) is 19.1 Å². The Hall–Kier alpha value is -3.48. The highest BCUT2D eigenvalue weighted by molar-refractivity contribution is 5.93. The Kier molecular flexibility index (Phi) is 4.65. The van der Waals surface area contributed by atoms with Gasteiger partial charge in [-0.1, -0.05) is 12.1 Å². The van der Waals surface area contributed by atoms with Crippen LogP contribution in [-0.2, 0) is 0 Å². The Bertz CT molecular complexity index is 1000. The zero-order chi connectivity index (χ0) is 19.7. The SMILES string of the molecule is Cc1ccc(OC2CN(c3cnc(C(N)=O)cc3-c3ccc(F)cc3)C2)cn1. The van der Waals surface area contributed by atoms with Gasteiger partial charge in [0.25, 0.3) is 5.91 Å². The number of anilines is 1. The molecule has 142 valence electrons. The molecule has 1 saturated heterocycles. The molecule has 0 unspecified atom stereocenters. The van der Waals surface area contributed by atoms with Gasteiger partial charge in [0.15, 0.2) is 0 Å². The minimum Gasteiger partial charge on any atom is -0.485 e. The maximum absolute atomic E-state index is 13.3. The molecule has 2 aromatic heterocycles. The Balaban J connectivity index is 1.55. The maximum Gasteiger partial charge on any atom is 0.267 e. The van der Waals surface area contributed by atoms with Crippen LogP contribution in [0.2, 0.25) is 0 Å². The number of amides is 1. The van der Waals surface area contributed by atoms with Crippen molar-refractivity contribution >= 4 is 11.6 Å². The molecule has 1 fully saturated rings. The highest BCUT2D eigenvalue weighted by Gasteiger charge is 2.31. The Labute approximate surface area is 161 Å². The van der Waals surface area contributed by atoms with Crippen LogP contribution in [0.4, 0.5) is 10.1 Å². The lowest BCUT2D eigenvalue weighted by Gasteiger charge is -2.41. The summed E-state index contributed by atoms with van der Waals surface area (Å²) in [6, 6.07) is 11.6. The molecular formula is C21H19FN4O2. The molecule has 0 saturated carbocycles. The summed E-state index contributed by atoms with van der Waals surface area (Å²) >= 11 is 0. The van der Waals surface area contributed by atoms with Crippen molar-refractivity contribution in [3.63, 3.8) is 0 Å². The molecule has 4 rings (SSSR count). The van der Waals surface area contributed by atoms with Gasteiger partial charge in [0.1, 0.15) is 23.4 Å². The van der Waals surface area contributed by atoms with Gasteiger partial charge >= 0.3 is 0 Å². The van der Waals surface area contributed by atoms with Crippen molar-refractivity contribution in [2.24, 2.45) is 5.73 Å². The molecule has 3 aromatic rings. The van der Waals surface area contributed by atoms with Crippen molar-refractivity contribution in [3.05, 3.63) is 72.1 Å². The quantitative estimate of drug-likeness (QED) is 0.738. The zero-order valence-corrected chi connectivity index (χ0v) is 15.3. The molecule has 7 heteroatoms. The van der Waals surface area contributed by atoms with E-state index in [1.165, 1.54) is 12.1 Å². The first kappa shape index (κ1) is 17.9. The molecule has 0 spiro atoms. The molecule has 2 N–H and O–H groups in total. The highest BCUT2D eigenvalue weighted by atomic mass is 19.1. The number of aromatic nitrogens is 2. The predicted molar refractivity (Wildman–Crippen MR) is 104 cm³/mol. The molecule has 0 aliphatic carbocycles. The fraction of sp³-hybridized carbons (Fsp3) is 0.190. The van der Waals surface area contributed by atoms with Crippen LogP contribution in [-0.4, -0.2) is 35.1 Å². The topological polar surface area (TPSA) is 81.3 Å². The first-order chi connectivity index (χ1) is 13.5. The lowest BCUT2D eigenvalue weighted by atomic mass is 10.0. The van der Waals surface area contributed by atoms with Crippen molar-refractivity contribution in [2.75, 3.05) is 18.0 Å². The van der Waals surface area contributed by atoms with Crippen LogP contribution in [0.3, 0.4) is 0 Å². The fourth-order valence-electron chi connectivity index (χ4n) is 3.12. The minimum absolute atomic E-state index is 0.0291. The highest BCUT2D eigenvalue weighted by Crippen LogP contribution is 2.34. The maximum atomic E-state index is 13.3. The molecule has 28 heavy (non-hydrogen) atoms. The number of pyridine rings is 2. The largest absolute Gasteiger partial charge is 0.485 e. The van der Waals surface area contributed by atoms with Gasteiger partial charge in [-0.3, -0.25) is 9.78 Å². The summed E-state index contributed by atoms with van der Waals surface area (Å²) in [5, 5.41) is 0. The van der Waals surface area contributed by atoms with Crippen molar-refractivity contribution in [1.82, 2.24) is 9.97 Å². The zero-order valence-electron chi connectivity index (χ0n) is 15.3. The van der Waals surface area contributed by atoms with Crippen LogP contribution in [0, 0.1) is 12.7 Å². The third-order valence-corrected chi connectivity index (χ3v) is 4.67. The van der Waals surface area contributed by atoms with Gasteiger partial charge in [0.2, 0.25) is 0 Å². The van der Waals surface area contributed by atoms with Crippen LogP contribution >= 0.6 is 0 Å². The Morgan fingerprint density at radius 3 is 2.54 bits per heavy atom. The molecule has 0 bridgehead atoms. The second kappa shape index (κ2) is 7.26. The van der Waals surface area contributed by atoms with Crippen LogP contribution in [0.15, 0.2) is 54.9 Å². The molecule has 1 aliphatic rings. The molecule has 3 heterocycles. The average Bonchev–Trinajstić information content (AvgIpc) is 2.66. The van der Waals surface area contributed by atoms with Gasteiger partial charge in [0, 0.05) is 11.3 Å². The Morgan fingerprint density at radius 2 is 1.89 bits per heavy atom. The van der Waals surface area contributed by atoms with Crippen molar-refractivity contribution in [2.45, 2.75) is 13.0 Å². The van der Waals surface area contributed by atoms with Crippen molar-refractivity contribution in [1.29, 1.82) is 0 Å². The molecule has 1 amide bonds. The number of nitrogens with zero attached hydrogens (tertiary/aromatic N) is 3. The summed E-state index contributed by atoms with van der Waals surface area (Å²) in [5.41, 5.74) is 8.89. The van der Waals surface area contributed by atoms with Gasteiger partial charge in [-0.05, 0) is 42.8 Å². The van der Waals surface area contributed by atoms with Gasteiger partial charge < -0.3 is 15.4 Å². The first-order valence-corrected chi connectivity index (χ1v) is 8.89. The van der Waals surface area contributed by atoms with Crippen molar-refractivity contribution < 1.29 is 13.9 Å². The number of hydrogen-bond acceptors (Lipinski definition) is 5. The minimum atomic E-state index is -0.605. The van der Waals surface area contributed by atoms with E-state index in [2.05, 4.69) is 14.9 Å². The van der Waals surface area contributed by atoms with Crippen molar-refractivity contribution in [3.8, 4) is 16.9 Å². The van der Waals surface area contributed by atoms with Crippen LogP contribution in [0.1, 0.15) is 16.2 Å². The number of primary amides is 1. The molecule has 0 radical (unpaired) electrons. The number of aryl methyl sites for hydroxylation is 1. The molecular weight excluding hydrogens is 359 g/mol. The smallest absolute Gasteiger partial charge is 0.267 e. The number of ether oxygens (including phenoxy) is 1. The van der Waals surface area contributed by atoms with Gasteiger partial charge in [0.05, 0.1) is 31.2 Å². The lowest BCUT2D eigenvalue weighted by molar-refractivity contribution is 0.0995. The summed E-state index contributed by atoms with van der Waals surface area (Å²) in [7, 11) is 0. The van der Waals surface area contributed by atoms with E-state index < -0.39 is 5.91 Å². The van der Waals surface area contributed by atoms with E-state index in [4.69, 9.17) is 10.5 Å². The van der Waals surface area contributed by atoms with E-state index in [0.29, 0.717) is 13.1 Å². The molecule has 1 aliphatic heterocycles. The number of nitrogens with two attached hydrogens (primary N) is 1. The lowest BCUT2D eigenvalue weighted by Crippen LogP contribution is -2.54. The number of carbonyl (C=O) groups is 1. The average molecular weight is 378 g/mol. The number of hydrogen-bond donors (Lipinski definition) is 1. The molecule has 6 nitrogen and oxygen atoms in total. The van der Waals surface area contributed by atoms with Crippen LogP contribution in [0.5, 0.6) is 5.75 Å². The summed E-state index contributed by atoms with van der Waals surface area (Å²) in [5.74, 6) is -0.193. The normalized spacial score (nSPS) is 13.9. The van der Waals surface area contributed by atoms with E-state index >= 15 is 0 Å². The monoisotopic (exact) mass is 378 g/mol. The standard InChI is InChI=1S/C21H19FN4O2/c1-13-2-7-16(9-24-13)28-17-11-26(12-17)20-10-25-19(21(23)27)8-18(20)14-3-5-15(22)6-4-14/h2-10,17H,11-12H2,1H3,(H2,23,27). The van der Waals surface area contributed by atoms with Crippen LogP contribution < -0.4 is 15.4 Å². The van der Waals surface area contributed by atoms with Gasteiger partial charge in [-0.25, -0.2) is 9.37 Å². The summed E-state index contributed by atoms with van der Waals surface area (Å²) in [6.45, 7) is 3.26. The second-order valence-corrected chi connectivity index (χ2v) is 6.74.